The molecule has 0 bridgehead atoms. The zero-order valence-corrected chi connectivity index (χ0v) is 12.8. The average Bonchev–Trinajstić information content (AvgIpc) is 2.38. The maximum Gasteiger partial charge on any atom is 0.0762 e. The van der Waals surface area contributed by atoms with Crippen LogP contribution in [0.15, 0.2) is 22.7 Å². The van der Waals surface area contributed by atoms with Crippen LogP contribution in [0.4, 0.5) is 5.69 Å². The summed E-state index contributed by atoms with van der Waals surface area (Å²) in [4.78, 5) is 2.51. The van der Waals surface area contributed by atoms with Crippen LogP contribution in [-0.2, 0) is 0 Å². The molecule has 0 aromatic heterocycles. The van der Waals surface area contributed by atoms with E-state index >= 15 is 0 Å². The van der Waals surface area contributed by atoms with E-state index in [0.717, 1.165) is 16.6 Å². The first-order valence-electron chi connectivity index (χ1n) is 6.87. The highest BCUT2D eigenvalue weighted by molar-refractivity contribution is 9.10. The molecule has 1 aromatic carbocycles. The van der Waals surface area contributed by atoms with E-state index in [4.69, 9.17) is 0 Å². The second-order valence-electron chi connectivity index (χ2n) is 5.14. The number of piperidine rings is 1. The van der Waals surface area contributed by atoms with E-state index in [9.17, 15) is 5.11 Å². The number of hydrogen-bond acceptors (Lipinski definition) is 2. The van der Waals surface area contributed by atoms with E-state index in [1.807, 2.05) is 12.1 Å². The van der Waals surface area contributed by atoms with Gasteiger partial charge in [-0.1, -0.05) is 13.0 Å². The predicted octanol–water partition coefficient (Wildman–Crippen LogP) is 4.27. The molecule has 2 atom stereocenters. The number of nitrogens with zero attached hydrogens (tertiary/aromatic N) is 1. The molecule has 0 aliphatic carbocycles. The van der Waals surface area contributed by atoms with Crippen LogP contribution in [0.5, 0.6) is 0 Å². The molecular formula is C15H22BrNO. The maximum atomic E-state index is 9.61. The Labute approximate surface area is 118 Å². The molecule has 2 nitrogen and oxygen atoms in total. The summed E-state index contributed by atoms with van der Waals surface area (Å²) >= 11 is 3.65. The largest absolute Gasteiger partial charge is 0.389 e. The number of benzene rings is 1. The first-order chi connectivity index (χ1) is 8.63. The third-order valence-electron chi connectivity index (χ3n) is 3.86. The Kier molecular flexibility index (Phi) is 4.68. The number of aliphatic hydroxyl groups excluding tert-OH is 1. The van der Waals surface area contributed by atoms with Crippen molar-refractivity contribution in [3.63, 3.8) is 0 Å². The molecule has 1 aliphatic heterocycles. The fourth-order valence-corrected chi connectivity index (χ4v) is 3.38. The minimum Gasteiger partial charge on any atom is -0.389 e. The summed E-state index contributed by atoms with van der Waals surface area (Å²) < 4.78 is 1.10. The fourth-order valence-electron chi connectivity index (χ4n) is 2.76. The van der Waals surface area contributed by atoms with Gasteiger partial charge in [-0.2, -0.15) is 0 Å². The number of halogens is 1. The molecule has 1 aliphatic rings. The van der Waals surface area contributed by atoms with Crippen molar-refractivity contribution in [3.05, 3.63) is 28.2 Å². The molecule has 1 N–H and O–H groups in total. The average molecular weight is 312 g/mol. The lowest BCUT2D eigenvalue weighted by atomic mass is 9.98. The van der Waals surface area contributed by atoms with Crippen molar-refractivity contribution in [2.75, 3.05) is 11.4 Å². The van der Waals surface area contributed by atoms with E-state index in [0.29, 0.717) is 6.04 Å². The summed E-state index contributed by atoms with van der Waals surface area (Å²) in [5.74, 6) is 0. The Balaban J connectivity index is 2.26. The lowest BCUT2D eigenvalue weighted by molar-refractivity contribution is 0.199. The summed E-state index contributed by atoms with van der Waals surface area (Å²) in [6, 6.07) is 6.88. The zero-order chi connectivity index (χ0) is 13.1. The van der Waals surface area contributed by atoms with Crippen molar-refractivity contribution >= 4 is 21.6 Å². The standard InChI is InChI=1S/C15H22BrNO/c1-3-13-6-4-5-9-17(13)15-8-7-12(11(2)18)10-14(15)16/h7-8,10-11,13,18H,3-6,9H2,1-2H3/t11-,13?/m0/s1. The van der Waals surface area contributed by atoms with Crippen molar-refractivity contribution in [3.8, 4) is 0 Å². The van der Waals surface area contributed by atoms with Crippen LogP contribution < -0.4 is 4.90 Å². The van der Waals surface area contributed by atoms with Gasteiger partial charge in [-0.25, -0.2) is 0 Å². The third-order valence-corrected chi connectivity index (χ3v) is 4.50. The molecule has 0 radical (unpaired) electrons. The molecule has 3 heteroatoms. The van der Waals surface area contributed by atoms with Crippen LogP contribution in [0.3, 0.4) is 0 Å². The Morgan fingerprint density at radius 3 is 2.83 bits per heavy atom. The van der Waals surface area contributed by atoms with Crippen molar-refractivity contribution < 1.29 is 5.11 Å². The summed E-state index contributed by atoms with van der Waals surface area (Å²) in [6.45, 7) is 5.21. The van der Waals surface area contributed by atoms with Gasteiger partial charge in [0.15, 0.2) is 0 Å². The third kappa shape index (κ3) is 2.89. The fraction of sp³-hybridized carbons (Fsp3) is 0.600. The molecule has 0 saturated carbocycles. The van der Waals surface area contributed by atoms with Crippen molar-refractivity contribution in [2.24, 2.45) is 0 Å². The van der Waals surface area contributed by atoms with Crippen LogP contribution in [-0.4, -0.2) is 17.7 Å². The number of rotatable bonds is 3. The van der Waals surface area contributed by atoms with Gasteiger partial charge in [-0.3, -0.25) is 0 Å². The Morgan fingerprint density at radius 2 is 2.22 bits per heavy atom. The molecular weight excluding hydrogens is 290 g/mol. The lowest BCUT2D eigenvalue weighted by Crippen LogP contribution is -2.39. The Morgan fingerprint density at radius 1 is 1.44 bits per heavy atom. The number of hydrogen-bond donors (Lipinski definition) is 1. The molecule has 18 heavy (non-hydrogen) atoms. The monoisotopic (exact) mass is 311 g/mol. The van der Waals surface area contributed by atoms with Crippen LogP contribution in [0, 0.1) is 0 Å². The molecule has 1 fully saturated rings. The van der Waals surface area contributed by atoms with Gasteiger partial charge >= 0.3 is 0 Å². The van der Waals surface area contributed by atoms with Crippen molar-refractivity contribution in [2.45, 2.75) is 51.7 Å². The topological polar surface area (TPSA) is 23.5 Å². The normalized spacial score (nSPS) is 22.0. The van der Waals surface area contributed by atoms with Crippen LogP contribution in [0.2, 0.25) is 0 Å². The van der Waals surface area contributed by atoms with Gasteiger partial charge in [0.25, 0.3) is 0 Å². The van der Waals surface area contributed by atoms with Crippen LogP contribution in [0.25, 0.3) is 0 Å². The summed E-state index contributed by atoms with van der Waals surface area (Å²) in [7, 11) is 0. The second kappa shape index (κ2) is 6.07. The highest BCUT2D eigenvalue weighted by atomic mass is 79.9. The Hall–Kier alpha value is -0.540. The first kappa shape index (κ1) is 13.9. The number of anilines is 1. The van der Waals surface area contributed by atoms with Crippen LogP contribution in [0.1, 0.15) is 51.2 Å². The van der Waals surface area contributed by atoms with E-state index in [1.54, 1.807) is 6.92 Å². The van der Waals surface area contributed by atoms with Gasteiger partial charge in [-0.15, -0.1) is 0 Å². The van der Waals surface area contributed by atoms with E-state index in [1.165, 1.54) is 31.4 Å². The summed E-state index contributed by atoms with van der Waals surface area (Å²) in [6.07, 6.45) is 4.71. The molecule has 1 saturated heterocycles. The Bertz CT molecular complexity index is 405. The van der Waals surface area contributed by atoms with E-state index < -0.39 is 6.10 Å². The van der Waals surface area contributed by atoms with Gasteiger partial charge in [0.1, 0.15) is 0 Å². The van der Waals surface area contributed by atoms with Crippen molar-refractivity contribution in [1.82, 2.24) is 0 Å². The molecule has 1 unspecified atom stereocenters. The molecule has 1 aromatic rings. The molecule has 1 heterocycles. The minimum atomic E-state index is -0.404. The maximum absolute atomic E-state index is 9.61. The van der Waals surface area contributed by atoms with Gasteiger partial charge in [0, 0.05) is 17.1 Å². The van der Waals surface area contributed by atoms with Gasteiger partial charge in [0.2, 0.25) is 0 Å². The molecule has 0 spiro atoms. The van der Waals surface area contributed by atoms with Gasteiger partial charge < -0.3 is 10.0 Å². The van der Waals surface area contributed by atoms with Gasteiger partial charge in [0.05, 0.1) is 11.8 Å². The lowest BCUT2D eigenvalue weighted by Gasteiger charge is -2.38. The summed E-state index contributed by atoms with van der Waals surface area (Å²) in [5, 5.41) is 9.61. The zero-order valence-electron chi connectivity index (χ0n) is 11.2. The van der Waals surface area contributed by atoms with E-state index in [-0.39, 0.29) is 0 Å². The predicted molar refractivity (Wildman–Crippen MR) is 80.1 cm³/mol. The highest BCUT2D eigenvalue weighted by Gasteiger charge is 2.22. The smallest absolute Gasteiger partial charge is 0.0762 e. The molecule has 100 valence electrons. The SMILES string of the molecule is CCC1CCCCN1c1ccc([C@H](C)O)cc1Br. The quantitative estimate of drug-likeness (QED) is 0.901. The first-order valence-corrected chi connectivity index (χ1v) is 7.67. The van der Waals surface area contributed by atoms with E-state index in [2.05, 4.69) is 33.8 Å². The minimum absolute atomic E-state index is 0.404. The second-order valence-corrected chi connectivity index (χ2v) is 5.99. The van der Waals surface area contributed by atoms with Crippen molar-refractivity contribution in [1.29, 1.82) is 0 Å². The van der Waals surface area contributed by atoms with Crippen LogP contribution >= 0.6 is 15.9 Å². The summed E-state index contributed by atoms with van der Waals surface area (Å²) in [5.41, 5.74) is 2.24. The number of aliphatic hydroxyl groups is 1. The molecule has 0 amide bonds. The highest BCUT2D eigenvalue weighted by Crippen LogP contribution is 2.34. The van der Waals surface area contributed by atoms with Gasteiger partial charge in [-0.05, 0) is 66.2 Å². The molecule has 2 rings (SSSR count).